The van der Waals surface area contributed by atoms with Gasteiger partial charge in [-0.2, -0.15) is 5.10 Å². The van der Waals surface area contributed by atoms with Crippen LogP contribution in [0.1, 0.15) is 35.8 Å². The second kappa shape index (κ2) is 10.7. The number of rotatable bonds is 7. The van der Waals surface area contributed by atoms with Gasteiger partial charge in [-0.25, -0.2) is 10.4 Å². The van der Waals surface area contributed by atoms with E-state index in [1.165, 1.54) is 16.6 Å². The van der Waals surface area contributed by atoms with Crippen molar-refractivity contribution in [2.75, 3.05) is 12.9 Å². The Balaban J connectivity index is 1.41. The van der Waals surface area contributed by atoms with Gasteiger partial charge in [-0.15, -0.1) is 11.3 Å². The normalized spacial score (nSPS) is 13.4. The van der Waals surface area contributed by atoms with Crippen molar-refractivity contribution in [2.24, 2.45) is 5.10 Å². The fourth-order valence-electron chi connectivity index (χ4n) is 4.31. The number of methoxy groups -OCH3 is 1. The Labute approximate surface area is 217 Å². The number of aryl methyl sites for hydroxylation is 2. The number of hydrazone groups is 1. The number of fused-ring (bicyclic) bond motifs is 3. The Morgan fingerprint density at radius 1 is 1.17 bits per heavy atom. The summed E-state index contributed by atoms with van der Waals surface area (Å²) >= 11 is 2.85. The van der Waals surface area contributed by atoms with E-state index in [4.69, 9.17) is 9.72 Å². The van der Waals surface area contributed by atoms with Crippen molar-refractivity contribution in [2.45, 2.75) is 37.8 Å². The number of nitrogens with zero attached hydrogens (tertiary/aromatic N) is 3. The van der Waals surface area contributed by atoms with Crippen LogP contribution in [0.25, 0.3) is 15.9 Å². The molecular weight excluding hydrogens is 492 g/mol. The van der Waals surface area contributed by atoms with Crippen LogP contribution < -0.4 is 15.7 Å². The van der Waals surface area contributed by atoms with Crippen molar-refractivity contribution < 1.29 is 9.53 Å². The van der Waals surface area contributed by atoms with Crippen LogP contribution in [-0.2, 0) is 17.6 Å². The third-order valence-corrected chi connectivity index (χ3v) is 8.26. The molecule has 1 amide bonds. The zero-order valence-corrected chi connectivity index (χ0v) is 21.7. The minimum atomic E-state index is -0.276. The largest absolute Gasteiger partial charge is 0.497 e. The molecule has 0 atom stereocenters. The summed E-state index contributed by atoms with van der Waals surface area (Å²) in [6.07, 6.45) is 4.15. The summed E-state index contributed by atoms with van der Waals surface area (Å²) in [6, 6.07) is 17.0. The lowest BCUT2D eigenvalue weighted by atomic mass is 9.97. The van der Waals surface area contributed by atoms with Crippen molar-refractivity contribution in [3.05, 3.63) is 81.0 Å². The van der Waals surface area contributed by atoms with Gasteiger partial charge < -0.3 is 4.74 Å². The maximum atomic E-state index is 13.7. The maximum Gasteiger partial charge on any atom is 0.267 e. The van der Waals surface area contributed by atoms with Gasteiger partial charge in [0.1, 0.15) is 10.6 Å². The molecule has 9 heteroatoms. The van der Waals surface area contributed by atoms with Crippen LogP contribution >= 0.6 is 23.1 Å². The minimum Gasteiger partial charge on any atom is -0.497 e. The van der Waals surface area contributed by atoms with Gasteiger partial charge in [0, 0.05) is 10.4 Å². The lowest BCUT2D eigenvalue weighted by molar-refractivity contribution is -0.118. The van der Waals surface area contributed by atoms with Gasteiger partial charge >= 0.3 is 0 Å². The number of nitrogens with one attached hydrogen (secondary N) is 1. The molecule has 0 radical (unpaired) electrons. The summed E-state index contributed by atoms with van der Waals surface area (Å²) in [7, 11) is 1.61. The molecule has 2 heterocycles. The molecule has 1 N–H and O–H groups in total. The molecule has 0 aliphatic heterocycles. The summed E-state index contributed by atoms with van der Waals surface area (Å²) in [6.45, 7) is 1.82. The standard InChI is InChI=1S/C27H26N4O3S2/c1-17(18-9-8-12-20(15-18)34-2)29-30-23(32)16-35-27-28-25-24(21-13-6-7-14-22(21)36-25)26(33)31(27)19-10-4-3-5-11-19/h3-5,8-12,15H,6-7,13-14,16H2,1-2H3,(H,30,32)/b29-17+. The van der Waals surface area contributed by atoms with Crippen molar-refractivity contribution in [1.82, 2.24) is 15.0 Å². The highest BCUT2D eigenvalue weighted by atomic mass is 32.2. The molecule has 5 rings (SSSR count). The van der Waals surface area contributed by atoms with E-state index in [0.717, 1.165) is 58.5 Å². The highest BCUT2D eigenvalue weighted by molar-refractivity contribution is 7.99. The summed E-state index contributed by atoms with van der Waals surface area (Å²) in [4.78, 5) is 33.3. The first-order valence-corrected chi connectivity index (χ1v) is 13.6. The molecule has 0 fully saturated rings. The first-order valence-electron chi connectivity index (χ1n) is 11.8. The van der Waals surface area contributed by atoms with E-state index in [1.807, 2.05) is 61.5 Å². The van der Waals surface area contributed by atoms with Crippen LogP contribution in [0, 0.1) is 0 Å². The number of aromatic nitrogens is 2. The Morgan fingerprint density at radius 2 is 1.97 bits per heavy atom. The summed E-state index contributed by atoms with van der Waals surface area (Å²) in [5.74, 6) is 0.520. The van der Waals surface area contributed by atoms with E-state index in [0.29, 0.717) is 10.9 Å². The molecule has 36 heavy (non-hydrogen) atoms. The molecule has 0 bridgehead atoms. The number of thioether (sulfide) groups is 1. The van der Waals surface area contributed by atoms with Gasteiger partial charge in [-0.1, -0.05) is 42.1 Å². The number of ether oxygens (including phenoxy) is 1. The van der Waals surface area contributed by atoms with Crippen molar-refractivity contribution in [3.63, 3.8) is 0 Å². The number of thiophene rings is 1. The topological polar surface area (TPSA) is 85.6 Å². The fraction of sp³-hybridized carbons (Fsp3) is 0.259. The predicted molar refractivity (Wildman–Crippen MR) is 146 cm³/mol. The fourth-order valence-corrected chi connectivity index (χ4v) is 6.42. The molecule has 2 aromatic heterocycles. The number of amides is 1. The van der Waals surface area contributed by atoms with E-state index in [2.05, 4.69) is 10.5 Å². The highest BCUT2D eigenvalue weighted by Gasteiger charge is 2.23. The van der Waals surface area contributed by atoms with Gasteiger partial charge in [-0.05, 0) is 62.4 Å². The zero-order valence-electron chi connectivity index (χ0n) is 20.1. The first kappa shape index (κ1) is 24.3. The Morgan fingerprint density at radius 3 is 2.78 bits per heavy atom. The molecule has 184 valence electrons. The third-order valence-electron chi connectivity index (χ3n) is 6.14. The molecule has 1 aliphatic rings. The molecule has 4 aromatic rings. The SMILES string of the molecule is COc1cccc(/C(C)=N/NC(=O)CSc2nc3sc4c(c3c(=O)n2-c2ccccc2)CCCC4)c1. The molecule has 0 spiro atoms. The Hall–Kier alpha value is -3.43. The Kier molecular flexibility index (Phi) is 7.20. The van der Waals surface area contributed by atoms with Crippen LogP contribution in [-0.4, -0.2) is 34.0 Å². The second-order valence-corrected chi connectivity index (χ2v) is 10.5. The third kappa shape index (κ3) is 4.94. The molecule has 2 aromatic carbocycles. The quantitative estimate of drug-likeness (QED) is 0.162. The van der Waals surface area contributed by atoms with E-state index < -0.39 is 0 Å². The van der Waals surface area contributed by atoms with Crippen molar-refractivity contribution in [1.29, 1.82) is 0 Å². The molecule has 0 saturated heterocycles. The van der Waals surface area contributed by atoms with Gasteiger partial charge in [-0.3, -0.25) is 14.2 Å². The van der Waals surface area contributed by atoms with Crippen molar-refractivity contribution in [3.8, 4) is 11.4 Å². The molecule has 0 unspecified atom stereocenters. The lowest BCUT2D eigenvalue weighted by Crippen LogP contribution is -2.24. The van der Waals surface area contributed by atoms with Crippen LogP contribution in [0.5, 0.6) is 5.75 Å². The average Bonchev–Trinajstić information content (AvgIpc) is 3.29. The molecule has 1 aliphatic carbocycles. The van der Waals surface area contributed by atoms with E-state index in [1.54, 1.807) is 23.0 Å². The number of hydrogen-bond donors (Lipinski definition) is 1. The van der Waals surface area contributed by atoms with Gasteiger partial charge in [0.15, 0.2) is 5.16 Å². The summed E-state index contributed by atoms with van der Waals surface area (Å²) in [5, 5.41) is 5.46. The molecule has 7 nitrogen and oxygen atoms in total. The summed E-state index contributed by atoms with van der Waals surface area (Å²) in [5.41, 5.74) is 5.96. The maximum absolute atomic E-state index is 13.7. The monoisotopic (exact) mass is 518 g/mol. The van der Waals surface area contributed by atoms with E-state index >= 15 is 0 Å². The minimum absolute atomic E-state index is 0.0691. The van der Waals surface area contributed by atoms with E-state index in [-0.39, 0.29) is 17.2 Å². The zero-order chi connectivity index (χ0) is 25.1. The average molecular weight is 519 g/mol. The van der Waals surface area contributed by atoms with Crippen LogP contribution in [0.4, 0.5) is 0 Å². The highest BCUT2D eigenvalue weighted by Crippen LogP contribution is 2.35. The van der Waals surface area contributed by atoms with Gasteiger partial charge in [0.05, 0.1) is 29.6 Å². The predicted octanol–water partition coefficient (Wildman–Crippen LogP) is 4.97. The number of benzene rings is 2. The number of para-hydroxylation sites is 1. The van der Waals surface area contributed by atoms with Gasteiger partial charge in [0.2, 0.25) is 0 Å². The van der Waals surface area contributed by atoms with Crippen molar-refractivity contribution >= 4 is 44.9 Å². The number of carbonyl (C=O) groups excluding carboxylic acids is 1. The number of hydrogen-bond acceptors (Lipinski definition) is 7. The second-order valence-electron chi connectivity index (χ2n) is 8.51. The molecule has 0 saturated carbocycles. The van der Waals surface area contributed by atoms with Crippen LogP contribution in [0.3, 0.4) is 0 Å². The lowest BCUT2D eigenvalue weighted by Gasteiger charge is -2.13. The van der Waals surface area contributed by atoms with E-state index in [9.17, 15) is 9.59 Å². The Bertz CT molecular complexity index is 1510. The summed E-state index contributed by atoms with van der Waals surface area (Å²) < 4.78 is 6.88. The van der Waals surface area contributed by atoms with Gasteiger partial charge in [0.25, 0.3) is 11.5 Å². The van der Waals surface area contributed by atoms with Crippen LogP contribution in [0.2, 0.25) is 0 Å². The smallest absolute Gasteiger partial charge is 0.267 e. The van der Waals surface area contributed by atoms with Crippen LogP contribution in [0.15, 0.2) is 69.6 Å². The first-order chi connectivity index (χ1) is 17.5. The molecular formula is C27H26N4O3S2. The number of carbonyl (C=O) groups is 1.